The van der Waals surface area contributed by atoms with Gasteiger partial charge >= 0.3 is 0 Å². The van der Waals surface area contributed by atoms with Gasteiger partial charge in [-0.1, -0.05) is 26.2 Å². The zero-order valence-electron chi connectivity index (χ0n) is 12.9. The number of ether oxygens (including phenoxy) is 1. The van der Waals surface area contributed by atoms with Crippen molar-refractivity contribution in [1.82, 2.24) is 10.2 Å². The molecule has 0 amide bonds. The predicted molar refractivity (Wildman–Crippen MR) is 80.5 cm³/mol. The molecule has 0 bridgehead atoms. The first-order chi connectivity index (χ1) is 9.31. The summed E-state index contributed by atoms with van der Waals surface area (Å²) in [6.45, 7) is 6.47. The van der Waals surface area contributed by atoms with E-state index in [0.29, 0.717) is 12.0 Å². The van der Waals surface area contributed by atoms with Gasteiger partial charge in [-0.15, -0.1) is 0 Å². The third kappa shape index (κ3) is 4.73. The molecule has 0 spiro atoms. The predicted octanol–water partition coefficient (Wildman–Crippen LogP) is 2.66. The van der Waals surface area contributed by atoms with Crippen LogP contribution in [-0.2, 0) is 4.74 Å². The molecular weight excluding hydrogens is 236 g/mol. The van der Waals surface area contributed by atoms with Crippen molar-refractivity contribution in [2.75, 3.05) is 33.4 Å². The lowest BCUT2D eigenvalue weighted by Gasteiger charge is -2.38. The van der Waals surface area contributed by atoms with E-state index in [1.807, 2.05) is 0 Å². The highest BCUT2D eigenvalue weighted by Crippen LogP contribution is 2.24. The van der Waals surface area contributed by atoms with E-state index in [2.05, 4.69) is 24.2 Å². The fourth-order valence-corrected chi connectivity index (χ4v) is 3.62. The summed E-state index contributed by atoms with van der Waals surface area (Å²) in [5, 5.41) is 3.72. The summed E-state index contributed by atoms with van der Waals surface area (Å²) in [6.07, 6.45) is 9.50. The smallest absolute Gasteiger partial charge is 0.0521 e. The zero-order chi connectivity index (χ0) is 13.5. The number of rotatable bonds is 6. The second kappa shape index (κ2) is 8.23. The summed E-state index contributed by atoms with van der Waals surface area (Å²) in [6, 6.07) is 1.49. The van der Waals surface area contributed by atoms with Crippen molar-refractivity contribution in [1.29, 1.82) is 0 Å². The second-order valence-corrected chi connectivity index (χ2v) is 6.42. The highest BCUT2D eigenvalue weighted by molar-refractivity contribution is 4.84. The molecule has 0 aromatic carbocycles. The van der Waals surface area contributed by atoms with Gasteiger partial charge in [-0.25, -0.2) is 0 Å². The van der Waals surface area contributed by atoms with Crippen LogP contribution >= 0.6 is 0 Å². The molecule has 2 aliphatic rings. The minimum Gasteiger partial charge on any atom is -0.381 e. The molecule has 2 rings (SSSR count). The molecule has 1 heterocycles. The Kier molecular flexibility index (Phi) is 6.62. The lowest BCUT2D eigenvalue weighted by atomic mass is 9.91. The average molecular weight is 268 g/mol. The molecule has 1 N–H and O–H groups in total. The normalized spacial score (nSPS) is 29.8. The molecule has 112 valence electrons. The Hall–Kier alpha value is -0.120. The molecule has 2 fully saturated rings. The molecule has 1 aliphatic carbocycles. The van der Waals surface area contributed by atoms with Gasteiger partial charge in [0.25, 0.3) is 0 Å². The SMILES string of the molecule is CCCNC1CCOCC1CN(C)C1CCCCC1. The number of nitrogens with one attached hydrogen (secondary N) is 1. The van der Waals surface area contributed by atoms with E-state index in [1.54, 1.807) is 0 Å². The molecule has 19 heavy (non-hydrogen) atoms. The van der Waals surface area contributed by atoms with E-state index in [1.165, 1.54) is 51.5 Å². The van der Waals surface area contributed by atoms with E-state index in [9.17, 15) is 0 Å². The van der Waals surface area contributed by atoms with Crippen LogP contribution in [0.5, 0.6) is 0 Å². The van der Waals surface area contributed by atoms with Crippen molar-refractivity contribution in [3.63, 3.8) is 0 Å². The van der Waals surface area contributed by atoms with Crippen LogP contribution in [0.2, 0.25) is 0 Å². The molecule has 3 nitrogen and oxygen atoms in total. The van der Waals surface area contributed by atoms with Gasteiger partial charge in [0.05, 0.1) is 6.61 Å². The molecule has 0 radical (unpaired) electrons. The largest absolute Gasteiger partial charge is 0.381 e. The first-order valence-electron chi connectivity index (χ1n) is 8.32. The maximum absolute atomic E-state index is 5.71. The zero-order valence-corrected chi connectivity index (χ0v) is 12.9. The van der Waals surface area contributed by atoms with Gasteiger partial charge in [-0.3, -0.25) is 0 Å². The molecular formula is C16H32N2O. The van der Waals surface area contributed by atoms with Gasteiger partial charge < -0.3 is 15.0 Å². The number of hydrogen-bond acceptors (Lipinski definition) is 3. The molecule has 3 heteroatoms. The summed E-state index contributed by atoms with van der Waals surface area (Å²) < 4.78 is 5.71. The molecule has 0 aromatic heterocycles. The summed E-state index contributed by atoms with van der Waals surface area (Å²) in [7, 11) is 2.32. The Labute approximate surface area is 119 Å². The van der Waals surface area contributed by atoms with Gasteiger partial charge in [-0.2, -0.15) is 0 Å². The molecule has 1 aliphatic heterocycles. The number of hydrogen-bond donors (Lipinski definition) is 1. The Morgan fingerprint density at radius 2 is 1.95 bits per heavy atom. The maximum atomic E-state index is 5.71. The fraction of sp³-hybridized carbons (Fsp3) is 1.00. The van der Waals surface area contributed by atoms with Crippen LogP contribution in [0.25, 0.3) is 0 Å². The maximum Gasteiger partial charge on any atom is 0.0521 e. The lowest BCUT2D eigenvalue weighted by molar-refractivity contribution is 0.0121. The van der Waals surface area contributed by atoms with Crippen molar-refractivity contribution < 1.29 is 4.74 Å². The highest BCUT2D eigenvalue weighted by Gasteiger charge is 2.28. The topological polar surface area (TPSA) is 24.5 Å². The van der Waals surface area contributed by atoms with Gasteiger partial charge in [-0.05, 0) is 39.3 Å². The van der Waals surface area contributed by atoms with Crippen LogP contribution in [0.1, 0.15) is 51.9 Å². The standard InChI is InChI=1S/C16H32N2O/c1-3-10-17-16-9-11-19-13-14(16)12-18(2)15-7-5-4-6-8-15/h14-17H,3-13H2,1-2H3. The van der Waals surface area contributed by atoms with Crippen molar-refractivity contribution >= 4 is 0 Å². The summed E-state index contributed by atoms with van der Waals surface area (Å²) in [5.74, 6) is 0.673. The molecule has 0 aromatic rings. The molecule has 2 atom stereocenters. The van der Waals surface area contributed by atoms with E-state index in [4.69, 9.17) is 4.74 Å². The van der Waals surface area contributed by atoms with Crippen LogP contribution in [0.4, 0.5) is 0 Å². The monoisotopic (exact) mass is 268 g/mol. The second-order valence-electron chi connectivity index (χ2n) is 6.42. The molecule has 1 saturated carbocycles. The first kappa shape index (κ1) is 15.3. The Morgan fingerprint density at radius 1 is 1.16 bits per heavy atom. The molecule has 2 unspecified atom stereocenters. The average Bonchev–Trinajstić information content (AvgIpc) is 2.47. The van der Waals surface area contributed by atoms with Gasteiger partial charge in [0.15, 0.2) is 0 Å². The van der Waals surface area contributed by atoms with E-state index in [-0.39, 0.29) is 0 Å². The van der Waals surface area contributed by atoms with Crippen LogP contribution in [0.15, 0.2) is 0 Å². The van der Waals surface area contributed by atoms with Gasteiger partial charge in [0.1, 0.15) is 0 Å². The van der Waals surface area contributed by atoms with E-state index in [0.717, 1.165) is 25.8 Å². The summed E-state index contributed by atoms with van der Waals surface area (Å²) >= 11 is 0. The van der Waals surface area contributed by atoms with Crippen molar-refractivity contribution in [3.05, 3.63) is 0 Å². The van der Waals surface area contributed by atoms with Gasteiger partial charge in [0.2, 0.25) is 0 Å². The quantitative estimate of drug-likeness (QED) is 0.801. The van der Waals surface area contributed by atoms with Crippen LogP contribution < -0.4 is 5.32 Å². The van der Waals surface area contributed by atoms with Crippen molar-refractivity contribution in [2.24, 2.45) is 5.92 Å². The summed E-state index contributed by atoms with van der Waals surface area (Å²) in [4.78, 5) is 2.61. The lowest BCUT2D eigenvalue weighted by Crippen LogP contribution is -2.49. The molecule has 1 saturated heterocycles. The Morgan fingerprint density at radius 3 is 2.68 bits per heavy atom. The van der Waals surface area contributed by atoms with E-state index < -0.39 is 0 Å². The van der Waals surface area contributed by atoms with Crippen molar-refractivity contribution in [2.45, 2.75) is 64.0 Å². The first-order valence-corrected chi connectivity index (χ1v) is 8.32. The fourth-order valence-electron chi connectivity index (χ4n) is 3.62. The van der Waals surface area contributed by atoms with Gasteiger partial charge in [0, 0.05) is 31.2 Å². The Bertz CT molecular complexity index is 241. The minimum absolute atomic E-state index is 0.666. The van der Waals surface area contributed by atoms with Crippen LogP contribution in [0.3, 0.4) is 0 Å². The number of nitrogens with zero attached hydrogens (tertiary/aromatic N) is 1. The minimum atomic E-state index is 0.666. The van der Waals surface area contributed by atoms with E-state index >= 15 is 0 Å². The third-order valence-corrected chi connectivity index (χ3v) is 4.85. The summed E-state index contributed by atoms with van der Waals surface area (Å²) in [5.41, 5.74) is 0. The van der Waals surface area contributed by atoms with Crippen LogP contribution in [0, 0.1) is 5.92 Å². The Balaban J connectivity index is 1.80. The highest BCUT2D eigenvalue weighted by atomic mass is 16.5. The van der Waals surface area contributed by atoms with Crippen molar-refractivity contribution in [3.8, 4) is 0 Å². The third-order valence-electron chi connectivity index (χ3n) is 4.85. The van der Waals surface area contributed by atoms with Crippen LogP contribution in [-0.4, -0.2) is 50.3 Å².